The second-order valence-corrected chi connectivity index (χ2v) is 7.52. The van der Waals surface area contributed by atoms with Crippen LogP contribution >= 0.6 is 15.9 Å². The molecule has 0 amide bonds. The van der Waals surface area contributed by atoms with Gasteiger partial charge in [-0.25, -0.2) is 13.1 Å². The molecule has 1 heterocycles. The van der Waals surface area contributed by atoms with Gasteiger partial charge in [-0.3, -0.25) is 0 Å². The molecular formula is C15H14BrNO3S. The largest absolute Gasteiger partial charge is 0.492 e. The van der Waals surface area contributed by atoms with Crippen molar-refractivity contribution >= 4 is 26.0 Å². The summed E-state index contributed by atoms with van der Waals surface area (Å²) in [5.74, 6) is 0.830. The summed E-state index contributed by atoms with van der Waals surface area (Å²) in [7, 11) is -3.53. The quantitative estimate of drug-likeness (QED) is 0.907. The van der Waals surface area contributed by atoms with E-state index in [1.54, 1.807) is 24.3 Å². The highest BCUT2D eigenvalue weighted by Crippen LogP contribution is 2.24. The summed E-state index contributed by atoms with van der Waals surface area (Å²) in [5, 5.41) is 0. The summed E-state index contributed by atoms with van der Waals surface area (Å²) in [4.78, 5) is 0.254. The van der Waals surface area contributed by atoms with Crippen molar-refractivity contribution in [1.29, 1.82) is 0 Å². The summed E-state index contributed by atoms with van der Waals surface area (Å²) in [6, 6.07) is 14.0. The Morgan fingerprint density at radius 1 is 1.10 bits per heavy atom. The summed E-state index contributed by atoms with van der Waals surface area (Å²) >= 11 is 3.29. The fraction of sp³-hybridized carbons (Fsp3) is 0.200. The summed E-state index contributed by atoms with van der Waals surface area (Å²) in [6.07, 6.45) is 0.631. The molecule has 21 heavy (non-hydrogen) atoms. The van der Waals surface area contributed by atoms with Crippen LogP contribution in [0.5, 0.6) is 5.75 Å². The molecule has 1 unspecified atom stereocenters. The van der Waals surface area contributed by atoms with E-state index in [1.165, 1.54) is 0 Å². The summed E-state index contributed by atoms with van der Waals surface area (Å²) in [5.41, 5.74) is 1.02. The van der Waals surface area contributed by atoms with Crippen LogP contribution in [0.2, 0.25) is 0 Å². The second-order valence-electron chi connectivity index (χ2n) is 4.89. The third-order valence-corrected chi connectivity index (χ3v) is 5.39. The standard InChI is InChI=1S/C15H14BrNO3S/c16-12-5-7-14(8-6-12)21(18,19)17-13-9-11-3-1-2-4-15(11)20-10-13/h1-8,13,17H,9-10H2. The van der Waals surface area contributed by atoms with Gasteiger partial charge in [0, 0.05) is 4.47 Å². The first kappa shape index (κ1) is 14.6. The first-order chi connectivity index (χ1) is 10.0. The van der Waals surface area contributed by atoms with Crippen LogP contribution in [-0.2, 0) is 16.4 Å². The Balaban J connectivity index is 1.77. The maximum atomic E-state index is 12.3. The Morgan fingerprint density at radius 3 is 2.57 bits per heavy atom. The predicted octanol–water partition coefficient (Wildman–Crippen LogP) is 2.73. The minimum Gasteiger partial charge on any atom is -0.492 e. The van der Waals surface area contributed by atoms with Gasteiger partial charge in [0.2, 0.25) is 10.0 Å². The lowest BCUT2D eigenvalue weighted by molar-refractivity contribution is 0.254. The first-order valence-electron chi connectivity index (χ1n) is 6.53. The van der Waals surface area contributed by atoms with Crippen LogP contribution in [0, 0.1) is 0 Å². The monoisotopic (exact) mass is 367 g/mol. The molecule has 0 spiro atoms. The van der Waals surface area contributed by atoms with Crippen LogP contribution in [-0.4, -0.2) is 21.1 Å². The molecule has 6 heteroatoms. The molecule has 3 rings (SSSR count). The Kier molecular flexibility index (Phi) is 4.01. The lowest BCUT2D eigenvalue weighted by Gasteiger charge is -2.25. The zero-order valence-corrected chi connectivity index (χ0v) is 13.5. The number of sulfonamides is 1. The van der Waals surface area contributed by atoms with Gasteiger partial charge in [0.05, 0.1) is 10.9 Å². The molecule has 0 saturated carbocycles. The average Bonchev–Trinajstić information content (AvgIpc) is 2.47. The van der Waals surface area contributed by atoms with Gasteiger partial charge in [0.25, 0.3) is 0 Å². The van der Waals surface area contributed by atoms with Crippen molar-refractivity contribution in [2.45, 2.75) is 17.4 Å². The number of fused-ring (bicyclic) bond motifs is 1. The van der Waals surface area contributed by atoms with E-state index in [0.29, 0.717) is 13.0 Å². The Hall–Kier alpha value is -1.37. The minimum atomic E-state index is -3.53. The maximum Gasteiger partial charge on any atom is 0.240 e. The average molecular weight is 368 g/mol. The number of halogens is 1. The molecule has 4 nitrogen and oxygen atoms in total. The van der Waals surface area contributed by atoms with Crippen LogP contribution in [0.25, 0.3) is 0 Å². The molecule has 1 aliphatic rings. The lowest BCUT2D eigenvalue weighted by atomic mass is 10.0. The molecule has 0 fully saturated rings. The molecule has 0 bridgehead atoms. The van der Waals surface area contributed by atoms with Gasteiger partial charge in [-0.2, -0.15) is 0 Å². The summed E-state index contributed by atoms with van der Waals surface area (Å²) in [6.45, 7) is 0.340. The number of rotatable bonds is 3. The molecule has 0 aliphatic carbocycles. The highest BCUT2D eigenvalue weighted by molar-refractivity contribution is 9.10. The number of benzene rings is 2. The third-order valence-electron chi connectivity index (χ3n) is 3.32. The molecule has 110 valence electrons. The van der Waals surface area contributed by atoms with Crippen molar-refractivity contribution in [1.82, 2.24) is 4.72 Å². The van der Waals surface area contributed by atoms with E-state index >= 15 is 0 Å². The number of hydrogen-bond acceptors (Lipinski definition) is 3. The van der Waals surface area contributed by atoms with Crippen LogP contribution in [0.15, 0.2) is 57.9 Å². The molecule has 2 aromatic rings. The molecule has 0 saturated heterocycles. The normalized spacial score (nSPS) is 17.9. The van der Waals surface area contributed by atoms with E-state index in [0.717, 1.165) is 15.8 Å². The van der Waals surface area contributed by atoms with E-state index in [1.807, 2.05) is 24.3 Å². The van der Waals surface area contributed by atoms with Crippen LogP contribution in [0.3, 0.4) is 0 Å². The Labute approximate surface area is 132 Å². The van der Waals surface area contributed by atoms with Crippen LogP contribution < -0.4 is 9.46 Å². The van der Waals surface area contributed by atoms with Crippen molar-refractivity contribution in [3.05, 3.63) is 58.6 Å². The van der Waals surface area contributed by atoms with Gasteiger partial charge in [0.15, 0.2) is 0 Å². The highest BCUT2D eigenvalue weighted by atomic mass is 79.9. The van der Waals surface area contributed by atoms with Crippen molar-refractivity contribution in [3.8, 4) is 5.75 Å². The van der Waals surface area contributed by atoms with E-state index in [4.69, 9.17) is 4.74 Å². The van der Waals surface area contributed by atoms with E-state index < -0.39 is 10.0 Å². The van der Waals surface area contributed by atoms with E-state index in [-0.39, 0.29) is 10.9 Å². The molecule has 1 atom stereocenters. The van der Waals surface area contributed by atoms with Crippen molar-refractivity contribution in [3.63, 3.8) is 0 Å². The van der Waals surface area contributed by atoms with Gasteiger partial charge >= 0.3 is 0 Å². The van der Waals surface area contributed by atoms with Crippen LogP contribution in [0.1, 0.15) is 5.56 Å². The molecule has 1 aliphatic heterocycles. The fourth-order valence-electron chi connectivity index (χ4n) is 2.30. The van der Waals surface area contributed by atoms with Gasteiger partial charge < -0.3 is 4.74 Å². The highest BCUT2D eigenvalue weighted by Gasteiger charge is 2.25. The lowest BCUT2D eigenvalue weighted by Crippen LogP contribution is -2.42. The summed E-state index contributed by atoms with van der Waals surface area (Å²) < 4.78 is 33.8. The topological polar surface area (TPSA) is 55.4 Å². The predicted molar refractivity (Wildman–Crippen MR) is 83.9 cm³/mol. The van der Waals surface area contributed by atoms with Gasteiger partial charge in [-0.15, -0.1) is 0 Å². The van der Waals surface area contributed by atoms with Crippen molar-refractivity contribution in [2.75, 3.05) is 6.61 Å². The van der Waals surface area contributed by atoms with E-state index in [2.05, 4.69) is 20.7 Å². The van der Waals surface area contributed by atoms with Crippen molar-refractivity contribution in [2.24, 2.45) is 0 Å². The SMILES string of the molecule is O=S(=O)(NC1COc2ccccc2C1)c1ccc(Br)cc1. The molecule has 0 aromatic heterocycles. The Bertz CT molecular complexity index is 744. The molecular weight excluding hydrogens is 354 g/mol. The Morgan fingerprint density at radius 2 is 1.81 bits per heavy atom. The number of hydrogen-bond donors (Lipinski definition) is 1. The number of ether oxygens (including phenoxy) is 1. The first-order valence-corrected chi connectivity index (χ1v) is 8.81. The molecule has 1 N–H and O–H groups in total. The van der Waals surface area contributed by atoms with Gasteiger partial charge in [0.1, 0.15) is 12.4 Å². The zero-order chi connectivity index (χ0) is 14.9. The molecule has 2 aromatic carbocycles. The minimum absolute atomic E-state index is 0.254. The number of nitrogens with one attached hydrogen (secondary N) is 1. The fourth-order valence-corrected chi connectivity index (χ4v) is 3.79. The van der Waals surface area contributed by atoms with Gasteiger partial charge in [-0.05, 0) is 42.3 Å². The number of para-hydroxylation sites is 1. The maximum absolute atomic E-state index is 12.3. The molecule has 0 radical (unpaired) electrons. The van der Waals surface area contributed by atoms with E-state index in [9.17, 15) is 8.42 Å². The van der Waals surface area contributed by atoms with Gasteiger partial charge in [-0.1, -0.05) is 34.1 Å². The van der Waals surface area contributed by atoms with Crippen LogP contribution in [0.4, 0.5) is 0 Å². The zero-order valence-electron chi connectivity index (χ0n) is 11.1. The second kappa shape index (κ2) is 5.79. The third kappa shape index (κ3) is 3.28. The van der Waals surface area contributed by atoms with Crippen molar-refractivity contribution < 1.29 is 13.2 Å². The smallest absolute Gasteiger partial charge is 0.240 e.